The van der Waals surface area contributed by atoms with Gasteiger partial charge < -0.3 is 20.3 Å². The normalized spacial score (nSPS) is 14.0. The number of hydrogen-bond acceptors (Lipinski definition) is 8. The lowest BCUT2D eigenvalue weighted by atomic mass is 9.97. The molecule has 3 aromatic heterocycles. The molecule has 0 radical (unpaired) electrons. The molecule has 0 saturated carbocycles. The van der Waals surface area contributed by atoms with Crippen molar-refractivity contribution in [2.45, 2.75) is 32.6 Å². The van der Waals surface area contributed by atoms with E-state index in [2.05, 4.69) is 30.4 Å². The van der Waals surface area contributed by atoms with Crippen molar-refractivity contribution in [1.29, 1.82) is 0 Å². The average Bonchev–Trinajstić information content (AvgIpc) is 3.49. The van der Waals surface area contributed by atoms with Gasteiger partial charge in [0.15, 0.2) is 5.82 Å². The van der Waals surface area contributed by atoms with E-state index in [1.54, 1.807) is 33.3 Å². The number of alkyl carbamates (subject to hydrolysis) is 1. The van der Waals surface area contributed by atoms with Crippen molar-refractivity contribution in [2.75, 3.05) is 32.1 Å². The average molecular weight is 498 g/mol. The predicted molar refractivity (Wildman–Crippen MR) is 130 cm³/mol. The minimum atomic E-state index is -0.630. The number of rotatable bonds is 6. The van der Waals surface area contributed by atoms with Crippen LogP contribution in [0.2, 0.25) is 0 Å². The third-order valence-electron chi connectivity index (χ3n) is 5.77. The van der Waals surface area contributed by atoms with Crippen molar-refractivity contribution in [3.8, 4) is 5.82 Å². The zero-order valence-corrected chi connectivity index (χ0v) is 20.6. The van der Waals surface area contributed by atoms with Crippen LogP contribution in [0, 0.1) is 13.8 Å². The highest BCUT2D eigenvalue weighted by atomic mass is 32.1. The summed E-state index contributed by atoms with van der Waals surface area (Å²) < 4.78 is 6.19. The molecule has 1 saturated heterocycles. The summed E-state index contributed by atoms with van der Waals surface area (Å²) in [6, 6.07) is 5.49. The number of amides is 3. The molecule has 12 heteroatoms. The lowest BCUT2D eigenvalue weighted by Gasteiger charge is -2.31. The number of nitrogens with one attached hydrogen (secondary N) is 2. The Balaban J connectivity index is 1.37. The first-order chi connectivity index (χ1) is 16.9. The number of thiazole rings is 1. The van der Waals surface area contributed by atoms with Gasteiger partial charge in [-0.2, -0.15) is 5.10 Å². The van der Waals surface area contributed by atoms with Crippen LogP contribution in [0.5, 0.6) is 0 Å². The second-order valence-corrected chi connectivity index (χ2v) is 9.13. The highest BCUT2D eigenvalue weighted by Crippen LogP contribution is 2.30. The van der Waals surface area contributed by atoms with Gasteiger partial charge in [-0.05, 0) is 44.9 Å². The molecule has 0 spiro atoms. The molecular weight excluding hydrogens is 470 g/mol. The summed E-state index contributed by atoms with van der Waals surface area (Å²) in [5.74, 6) is 0.246. The molecule has 4 rings (SSSR count). The summed E-state index contributed by atoms with van der Waals surface area (Å²) in [5.41, 5.74) is 2.67. The van der Waals surface area contributed by atoms with Crippen LogP contribution in [-0.4, -0.2) is 69.3 Å². The SMILES string of the molecule is COC(=O)NCC(=O)N1CCC(c2nc(C(=O)Nc3cccnc3-n3nc(C)cc3C)cs2)CC1. The summed E-state index contributed by atoms with van der Waals surface area (Å²) >= 11 is 1.45. The number of anilines is 1. The van der Waals surface area contributed by atoms with Crippen molar-refractivity contribution < 1.29 is 19.1 Å². The summed E-state index contributed by atoms with van der Waals surface area (Å²) in [6.07, 6.45) is 2.51. The molecule has 35 heavy (non-hydrogen) atoms. The highest BCUT2D eigenvalue weighted by Gasteiger charge is 2.26. The summed E-state index contributed by atoms with van der Waals surface area (Å²) in [6.45, 7) is 4.87. The topological polar surface area (TPSA) is 131 Å². The number of likely N-dealkylation sites (tertiary alicyclic amines) is 1. The smallest absolute Gasteiger partial charge is 0.407 e. The molecule has 2 N–H and O–H groups in total. The second-order valence-electron chi connectivity index (χ2n) is 8.24. The zero-order chi connectivity index (χ0) is 24.9. The molecule has 4 heterocycles. The first-order valence-electron chi connectivity index (χ1n) is 11.2. The van der Waals surface area contributed by atoms with Gasteiger partial charge in [0.2, 0.25) is 5.91 Å². The molecule has 3 amide bonds. The van der Waals surface area contributed by atoms with Gasteiger partial charge in [-0.25, -0.2) is 19.4 Å². The molecule has 0 bridgehead atoms. The fourth-order valence-corrected chi connectivity index (χ4v) is 4.95. The Kier molecular flexibility index (Phi) is 7.39. The van der Waals surface area contributed by atoms with Gasteiger partial charge in [-0.3, -0.25) is 9.59 Å². The van der Waals surface area contributed by atoms with E-state index in [0.717, 1.165) is 29.2 Å². The van der Waals surface area contributed by atoms with Gasteiger partial charge in [0.1, 0.15) is 12.2 Å². The molecule has 1 fully saturated rings. The van der Waals surface area contributed by atoms with Crippen molar-refractivity contribution in [2.24, 2.45) is 0 Å². The number of carbonyl (C=O) groups excluding carboxylic acids is 3. The maximum atomic E-state index is 13.0. The number of pyridine rings is 1. The third-order valence-corrected chi connectivity index (χ3v) is 6.77. The number of piperidine rings is 1. The Morgan fingerprint density at radius 2 is 2.00 bits per heavy atom. The Labute approximate surface area is 206 Å². The number of carbonyl (C=O) groups is 3. The molecular formula is C23H27N7O4S. The van der Waals surface area contributed by atoms with Crippen LogP contribution in [0.25, 0.3) is 5.82 Å². The van der Waals surface area contributed by atoms with Gasteiger partial charge in [-0.15, -0.1) is 11.3 Å². The van der Waals surface area contributed by atoms with Crippen LogP contribution >= 0.6 is 11.3 Å². The van der Waals surface area contributed by atoms with E-state index in [1.165, 1.54) is 18.4 Å². The molecule has 0 unspecified atom stereocenters. The van der Waals surface area contributed by atoms with E-state index in [9.17, 15) is 14.4 Å². The van der Waals surface area contributed by atoms with Crippen LogP contribution in [-0.2, 0) is 9.53 Å². The van der Waals surface area contributed by atoms with Gasteiger partial charge in [0, 0.05) is 36.3 Å². The number of aromatic nitrogens is 4. The van der Waals surface area contributed by atoms with Crippen LogP contribution in [0.4, 0.5) is 10.5 Å². The Morgan fingerprint density at radius 1 is 1.23 bits per heavy atom. The third kappa shape index (κ3) is 5.65. The standard InChI is InChI=1S/C23H27N7O4S/c1-14-11-15(2)30(28-14)20-17(5-4-8-24-20)26-21(32)18-13-35-22(27-18)16-6-9-29(10-7-16)19(31)12-25-23(33)34-3/h4-5,8,11,13,16H,6-7,9-10,12H2,1-3H3,(H,25,33)(H,26,32). The molecule has 11 nitrogen and oxygen atoms in total. The molecule has 0 atom stereocenters. The maximum absolute atomic E-state index is 13.0. The van der Waals surface area contributed by atoms with Gasteiger partial charge in [-0.1, -0.05) is 0 Å². The highest BCUT2D eigenvalue weighted by molar-refractivity contribution is 7.10. The van der Waals surface area contributed by atoms with Crippen LogP contribution in [0.1, 0.15) is 45.6 Å². The molecule has 0 aromatic carbocycles. The van der Waals surface area contributed by atoms with Crippen molar-refractivity contribution >= 4 is 34.9 Å². The minimum absolute atomic E-state index is 0.0904. The van der Waals surface area contributed by atoms with Crippen molar-refractivity contribution in [1.82, 2.24) is 30.0 Å². The molecule has 184 valence electrons. The fraction of sp³-hybridized carbons (Fsp3) is 0.391. The first-order valence-corrected chi connectivity index (χ1v) is 12.1. The first kappa shape index (κ1) is 24.3. The van der Waals surface area contributed by atoms with E-state index in [0.29, 0.717) is 30.3 Å². The van der Waals surface area contributed by atoms with Gasteiger partial charge in [0.25, 0.3) is 5.91 Å². The number of methoxy groups -OCH3 is 1. The molecule has 3 aromatic rings. The molecule has 1 aliphatic heterocycles. The number of nitrogens with zero attached hydrogens (tertiary/aromatic N) is 5. The van der Waals surface area contributed by atoms with Crippen molar-refractivity contribution in [3.05, 3.63) is 51.9 Å². The lowest BCUT2D eigenvalue weighted by Crippen LogP contribution is -2.43. The van der Waals surface area contributed by atoms with E-state index in [-0.39, 0.29) is 24.3 Å². The monoisotopic (exact) mass is 497 g/mol. The number of hydrogen-bond donors (Lipinski definition) is 2. The molecule has 1 aliphatic rings. The Hall–Kier alpha value is -3.80. The maximum Gasteiger partial charge on any atom is 0.407 e. The Bertz CT molecular complexity index is 1230. The van der Waals surface area contributed by atoms with E-state index >= 15 is 0 Å². The lowest BCUT2D eigenvalue weighted by molar-refractivity contribution is -0.131. The minimum Gasteiger partial charge on any atom is -0.453 e. The van der Waals surface area contributed by atoms with Gasteiger partial charge in [0.05, 0.1) is 23.5 Å². The van der Waals surface area contributed by atoms with Gasteiger partial charge >= 0.3 is 6.09 Å². The van der Waals surface area contributed by atoms with Crippen LogP contribution in [0.15, 0.2) is 29.8 Å². The van der Waals surface area contributed by atoms with Crippen LogP contribution < -0.4 is 10.6 Å². The quantitative estimate of drug-likeness (QED) is 0.535. The van der Waals surface area contributed by atoms with E-state index in [4.69, 9.17) is 0 Å². The van der Waals surface area contributed by atoms with E-state index < -0.39 is 6.09 Å². The zero-order valence-electron chi connectivity index (χ0n) is 19.8. The summed E-state index contributed by atoms with van der Waals surface area (Å²) in [5, 5.41) is 12.4. The summed E-state index contributed by atoms with van der Waals surface area (Å²) in [4.78, 5) is 47.1. The van der Waals surface area contributed by atoms with E-state index in [1.807, 2.05) is 19.9 Å². The molecule has 0 aliphatic carbocycles. The number of ether oxygens (including phenoxy) is 1. The van der Waals surface area contributed by atoms with Crippen molar-refractivity contribution in [3.63, 3.8) is 0 Å². The summed E-state index contributed by atoms with van der Waals surface area (Å²) in [7, 11) is 1.25. The predicted octanol–water partition coefficient (Wildman–Crippen LogP) is 2.65. The van der Waals surface area contributed by atoms with Crippen LogP contribution in [0.3, 0.4) is 0 Å². The second kappa shape index (κ2) is 10.6. The Morgan fingerprint density at radius 3 is 2.69 bits per heavy atom. The largest absolute Gasteiger partial charge is 0.453 e. The number of aryl methyl sites for hydroxylation is 2. The fourth-order valence-electron chi connectivity index (χ4n) is 3.98.